The average Bonchev–Trinajstić information content (AvgIpc) is 2.26. The highest BCUT2D eigenvalue weighted by atomic mass is 35.5. The van der Waals surface area contributed by atoms with E-state index in [1.165, 1.54) is 18.4 Å². The van der Waals surface area contributed by atoms with Crippen molar-refractivity contribution in [2.75, 3.05) is 0 Å². The van der Waals surface area contributed by atoms with E-state index in [9.17, 15) is 5.11 Å². The maximum absolute atomic E-state index is 9.60. The number of alkyl halides is 2. The Hall–Kier alpha value is -0.240. The molecular formula is C12H16Cl2O. The van der Waals surface area contributed by atoms with Gasteiger partial charge >= 0.3 is 0 Å². The van der Waals surface area contributed by atoms with Gasteiger partial charge in [-0.3, -0.25) is 0 Å². The van der Waals surface area contributed by atoms with Crippen LogP contribution in [0.15, 0.2) is 24.3 Å². The standard InChI is InChI=1S/C12H16Cl2O/c1-2-3-4-9-5-7-10(8-6-9)11(15)12(13)14/h5-8,11-12,15H,2-4H2,1H3. The van der Waals surface area contributed by atoms with Gasteiger partial charge in [-0.1, -0.05) is 37.6 Å². The van der Waals surface area contributed by atoms with Crippen LogP contribution in [0.5, 0.6) is 0 Å². The molecule has 0 aliphatic rings. The molecule has 0 aromatic heterocycles. The number of benzene rings is 1. The molecule has 3 heteroatoms. The zero-order valence-electron chi connectivity index (χ0n) is 8.79. The van der Waals surface area contributed by atoms with E-state index in [2.05, 4.69) is 6.92 Å². The summed E-state index contributed by atoms with van der Waals surface area (Å²) in [5.74, 6) is 0. The molecule has 0 radical (unpaired) electrons. The lowest BCUT2D eigenvalue weighted by molar-refractivity contribution is 0.193. The third-order valence-electron chi connectivity index (χ3n) is 2.38. The summed E-state index contributed by atoms with van der Waals surface area (Å²) >= 11 is 11.2. The first-order valence-corrected chi connectivity index (χ1v) is 6.07. The lowest BCUT2D eigenvalue weighted by Gasteiger charge is -2.11. The van der Waals surface area contributed by atoms with E-state index in [0.29, 0.717) is 0 Å². The van der Waals surface area contributed by atoms with Crippen molar-refractivity contribution >= 4 is 23.2 Å². The zero-order chi connectivity index (χ0) is 11.3. The highest BCUT2D eigenvalue weighted by Crippen LogP contribution is 2.24. The lowest BCUT2D eigenvalue weighted by atomic mass is 10.0. The van der Waals surface area contributed by atoms with Gasteiger partial charge in [0.15, 0.2) is 0 Å². The van der Waals surface area contributed by atoms with Gasteiger partial charge in [-0.25, -0.2) is 0 Å². The Labute approximate surface area is 101 Å². The molecular weight excluding hydrogens is 231 g/mol. The number of unbranched alkanes of at least 4 members (excludes halogenated alkanes) is 1. The fraction of sp³-hybridized carbons (Fsp3) is 0.500. The van der Waals surface area contributed by atoms with E-state index in [1.54, 1.807) is 0 Å². The van der Waals surface area contributed by atoms with E-state index in [4.69, 9.17) is 23.2 Å². The van der Waals surface area contributed by atoms with Gasteiger partial charge in [-0.2, -0.15) is 0 Å². The molecule has 84 valence electrons. The second-order valence-corrected chi connectivity index (χ2v) is 4.79. The van der Waals surface area contributed by atoms with Crippen molar-refractivity contribution < 1.29 is 5.11 Å². The van der Waals surface area contributed by atoms with E-state index in [1.807, 2.05) is 24.3 Å². The lowest BCUT2D eigenvalue weighted by Crippen LogP contribution is -2.05. The summed E-state index contributed by atoms with van der Waals surface area (Å²) in [4.78, 5) is -0.772. The Balaban J connectivity index is 2.63. The smallest absolute Gasteiger partial charge is 0.137 e. The van der Waals surface area contributed by atoms with E-state index in [0.717, 1.165) is 12.0 Å². The van der Waals surface area contributed by atoms with Gasteiger partial charge in [0.2, 0.25) is 0 Å². The largest absolute Gasteiger partial charge is 0.386 e. The second-order valence-electron chi connectivity index (χ2n) is 3.62. The maximum Gasteiger partial charge on any atom is 0.137 e. The Morgan fingerprint density at radius 2 is 1.80 bits per heavy atom. The van der Waals surface area contributed by atoms with Crippen LogP contribution < -0.4 is 0 Å². The van der Waals surface area contributed by atoms with Crippen LogP contribution in [0.3, 0.4) is 0 Å². The Morgan fingerprint density at radius 1 is 1.20 bits per heavy atom. The molecule has 1 aromatic carbocycles. The van der Waals surface area contributed by atoms with E-state index < -0.39 is 10.9 Å². The average molecular weight is 247 g/mol. The van der Waals surface area contributed by atoms with Crippen molar-refractivity contribution in [3.8, 4) is 0 Å². The number of aliphatic hydroxyl groups excluding tert-OH is 1. The van der Waals surface area contributed by atoms with Gasteiger partial charge in [-0.15, -0.1) is 23.2 Å². The molecule has 0 amide bonds. The quantitative estimate of drug-likeness (QED) is 0.783. The van der Waals surface area contributed by atoms with Gasteiger partial charge in [0, 0.05) is 0 Å². The normalized spacial score (nSPS) is 13.1. The van der Waals surface area contributed by atoms with E-state index >= 15 is 0 Å². The van der Waals surface area contributed by atoms with Crippen LogP contribution in [0.2, 0.25) is 0 Å². The van der Waals surface area contributed by atoms with Crippen LogP contribution in [-0.2, 0) is 6.42 Å². The summed E-state index contributed by atoms with van der Waals surface area (Å²) in [6, 6.07) is 7.80. The second kappa shape index (κ2) is 6.37. The molecule has 1 aromatic rings. The first kappa shape index (κ1) is 12.8. The fourth-order valence-corrected chi connectivity index (χ4v) is 1.70. The van der Waals surface area contributed by atoms with Gasteiger partial charge in [-0.05, 0) is 24.0 Å². The van der Waals surface area contributed by atoms with Gasteiger partial charge < -0.3 is 5.11 Å². The zero-order valence-corrected chi connectivity index (χ0v) is 10.3. The van der Waals surface area contributed by atoms with Crippen LogP contribution in [0.25, 0.3) is 0 Å². The first-order chi connectivity index (χ1) is 7.15. The SMILES string of the molecule is CCCCc1ccc(C(O)C(Cl)Cl)cc1. The van der Waals surface area contributed by atoms with Crippen LogP contribution in [0, 0.1) is 0 Å². The first-order valence-electron chi connectivity index (χ1n) is 5.20. The summed E-state index contributed by atoms with van der Waals surface area (Å²) in [6.07, 6.45) is 2.66. The molecule has 0 aliphatic heterocycles. The number of aryl methyl sites for hydroxylation is 1. The third kappa shape index (κ3) is 4.02. The molecule has 1 atom stereocenters. The van der Waals surface area contributed by atoms with Crippen LogP contribution in [-0.4, -0.2) is 9.94 Å². The Morgan fingerprint density at radius 3 is 2.27 bits per heavy atom. The number of aliphatic hydroxyl groups is 1. The molecule has 0 saturated carbocycles. The number of hydrogen-bond donors (Lipinski definition) is 1. The highest BCUT2D eigenvalue weighted by Gasteiger charge is 2.14. The molecule has 1 N–H and O–H groups in total. The topological polar surface area (TPSA) is 20.2 Å². The van der Waals surface area contributed by atoms with Crippen LogP contribution >= 0.6 is 23.2 Å². The predicted molar refractivity (Wildman–Crippen MR) is 65.5 cm³/mol. The minimum Gasteiger partial charge on any atom is -0.386 e. The van der Waals surface area contributed by atoms with Gasteiger partial charge in [0.25, 0.3) is 0 Å². The molecule has 15 heavy (non-hydrogen) atoms. The molecule has 0 bridgehead atoms. The summed E-state index contributed by atoms with van der Waals surface area (Å²) in [5.41, 5.74) is 2.05. The van der Waals surface area contributed by atoms with Crippen LogP contribution in [0.4, 0.5) is 0 Å². The molecule has 0 saturated heterocycles. The Kier molecular flexibility index (Phi) is 5.44. The van der Waals surface area contributed by atoms with Crippen molar-refractivity contribution in [2.45, 2.75) is 37.1 Å². The maximum atomic E-state index is 9.60. The fourth-order valence-electron chi connectivity index (χ4n) is 1.41. The minimum absolute atomic E-state index is 0.769. The van der Waals surface area contributed by atoms with Crippen molar-refractivity contribution in [1.29, 1.82) is 0 Å². The molecule has 0 aliphatic carbocycles. The summed E-state index contributed by atoms with van der Waals surface area (Å²) < 4.78 is 0. The molecule has 0 spiro atoms. The predicted octanol–water partition coefficient (Wildman–Crippen LogP) is 3.87. The molecule has 1 unspecified atom stereocenters. The molecule has 1 rings (SSSR count). The monoisotopic (exact) mass is 246 g/mol. The summed E-state index contributed by atoms with van der Waals surface area (Å²) in [7, 11) is 0. The number of rotatable bonds is 5. The number of hydrogen-bond acceptors (Lipinski definition) is 1. The highest BCUT2D eigenvalue weighted by molar-refractivity contribution is 6.44. The number of halogens is 2. The van der Waals surface area contributed by atoms with Gasteiger partial charge in [0.1, 0.15) is 10.9 Å². The van der Waals surface area contributed by atoms with Crippen LogP contribution in [0.1, 0.15) is 37.0 Å². The molecule has 1 nitrogen and oxygen atoms in total. The van der Waals surface area contributed by atoms with E-state index in [-0.39, 0.29) is 0 Å². The van der Waals surface area contributed by atoms with Crippen molar-refractivity contribution in [3.05, 3.63) is 35.4 Å². The molecule has 0 heterocycles. The molecule has 0 fully saturated rings. The summed E-state index contributed by atoms with van der Waals surface area (Å²) in [5, 5.41) is 9.60. The van der Waals surface area contributed by atoms with Crippen molar-refractivity contribution in [2.24, 2.45) is 0 Å². The van der Waals surface area contributed by atoms with Gasteiger partial charge in [0.05, 0.1) is 0 Å². The van der Waals surface area contributed by atoms with Crippen molar-refractivity contribution in [3.63, 3.8) is 0 Å². The third-order valence-corrected chi connectivity index (χ3v) is 2.86. The Bertz CT molecular complexity index is 282. The minimum atomic E-state index is -0.798. The summed E-state index contributed by atoms with van der Waals surface area (Å²) in [6.45, 7) is 2.17. The van der Waals surface area contributed by atoms with Crippen molar-refractivity contribution in [1.82, 2.24) is 0 Å².